The zero-order valence-electron chi connectivity index (χ0n) is 19.1. The maximum absolute atomic E-state index is 12.9. The largest absolute Gasteiger partial charge is 0.439 e. The van der Waals surface area contributed by atoms with Crippen molar-refractivity contribution in [3.63, 3.8) is 0 Å². The lowest BCUT2D eigenvalue weighted by Crippen LogP contribution is -2.36. The number of aryl methyl sites for hydroxylation is 2. The monoisotopic (exact) mass is 433 g/mol. The van der Waals surface area contributed by atoms with Crippen LogP contribution in [0.25, 0.3) is 11.3 Å². The molecule has 0 spiro atoms. The van der Waals surface area contributed by atoms with Crippen molar-refractivity contribution < 1.29 is 14.3 Å². The molecule has 1 aliphatic heterocycles. The zero-order valence-corrected chi connectivity index (χ0v) is 19.1. The van der Waals surface area contributed by atoms with Crippen LogP contribution in [0.3, 0.4) is 0 Å². The number of carbonyl (C=O) groups excluding carboxylic acids is 1. The number of benzene rings is 2. The lowest BCUT2D eigenvalue weighted by atomic mass is 10.1. The van der Waals surface area contributed by atoms with E-state index in [1.165, 1.54) is 0 Å². The van der Waals surface area contributed by atoms with Crippen molar-refractivity contribution in [2.24, 2.45) is 7.05 Å². The van der Waals surface area contributed by atoms with Gasteiger partial charge in [0.25, 0.3) is 0 Å². The van der Waals surface area contributed by atoms with Gasteiger partial charge in [0.1, 0.15) is 11.4 Å². The third kappa shape index (κ3) is 5.02. The van der Waals surface area contributed by atoms with Gasteiger partial charge in [-0.25, -0.2) is 4.68 Å². The summed E-state index contributed by atoms with van der Waals surface area (Å²) in [4.78, 5) is 14.8. The Morgan fingerprint density at radius 2 is 2.03 bits per heavy atom. The Kier molecular flexibility index (Phi) is 6.90. The summed E-state index contributed by atoms with van der Waals surface area (Å²) in [5, 5.41) is 4.79. The number of hydrogen-bond donors (Lipinski definition) is 0. The molecule has 0 bridgehead atoms. The summed E-state index contributed by atoms with van der Waals surface area (Å²) in [6, 6.07) is 18.0. The molecular formula is C26H31N3O3. The second-order valence-electron chi connectivity index (χ2n) is 8.30. The molecule has 2 heterocycles. The topological polar surface area (TPSA) is 56.6 Å². The maximum Gasteiger partial charge on any atom is 0.223 e. The SMILES string of the molecule is CCC(=O)N(Cc1c(-c2ccccc2)nn(C)c1Oc1cccc(C)c1)C[C@H]1CCCO1. The fourth-order valence-corrected chi connectivity index (χ4v) is 4.14. The van der Waals surface area contributed by atoms with Crippen molar-refractivity contribution in [3.05, 3.63) is 65.7 Å². The predicted octanol–water partition coefficient (Wildman–Crippen LogP) is 5.11. The van der Waals surface area contributed by atoms with Gasteiger partial charge in [0, 0.05) is 32.2 Å². The van der Waals surface area contributed by atoms with Crippen LogP contribution in [-0.4, -0.2) is 39.8 Å². The van der Waals surface area contributed by atoms with E-state index in [9.17, 15) is 4.79 Å². The van der Waals surface area contributed by atoms with E-state index in [1.54, 1.807) is 4.68 Å². The molecule has 1 aliphatic rings. The Morgan fingerprint density at radius 1 is 1.22 bits per heavy atom. The average Bonchev–Trinajstić information content (AvgIpc) is 3.42. The highest BCUT2D eigenvalue weighted by Gasteiger charge is 2.27. The van der Waals surface area contributed by atoms with Gasteiger partial charge in [-0.05, 0) is 37.5 Å². The Labute approximate surface area is 189 Å². The van der Waals surface area contributed by atoms with Crippen molar-refractivity contribution in [3.8, 4) is 22.9 Å². The van der Waals surface area contributed by atoms with Crippen LogP contribution < -0.4 is 4.74 Å². The second kappa shape index (κ2) is 10.0. The van der Waals surface area contributed by atoms with Crippen molar-refractivity contribution >= 4 is 5.91 Å². The van der Waals surface area contributed by atoms with Gasteiger partial charge in [0.05, 0.1) is 18.2 Å². The van der Waals surface area contributed by atoms with Crippen LogP contribution in [0, 0.1) is 6.92 Å². The molecule has 6 nitrogen and oxygen atoms in total. The van der Waals surface area contributed by atoms with E-state index in [0.29, 0.717) is 25.4 Å². The molecule has 2 aromatic carbocycles. The normalized spacial score (nSPS) is 15.7. The van der Waals surface area contributed by atoms with Gasteiger partial charge in [0.2, 0.25) is 11.8 Å². The smallest absolute Gasteiger partial charge is 0.223 e. The number of hydrogen-bond acceptors (Lipinski definition) is 4. The molecule has 1 fully saturated rings. The molecule has 0 N–H and O–H groups in total. The summed E-state index contributed by atoms with van der Waals surface area (Å²) < 4.78 is 13.9. The number of nitrogens with zero attached hydrogens (tertiary/aromatic N) is 3. The molecule has 1 saturated heterocycles. The maximum atomic E-state index is 12.9. The third-order valence-electron chi connectivity index (χ3n) is 5.79. The Hall–Kier alpha value is -3.12. The molecule has 0 radical (unpaired) electrons. The van der Waals surface area contributed by atoms with Crippen LogP contribution >= 0.6 is 0 Å². The first-order valence-corrected chi connectivity index (χ1v) is 11.3. The molecule has 4 rings (SSSR count). The fraction of sp³-hybridized carbons (Fsp3) is 0.385. The second-order valence-corrected chi connectivity index (χ2v) is 8.30. The number of rotatable bonds is 8. The molecule has 168 valence electrons. The Balaban J connectivity index is 1.73. The molecule has 0 unspecified atom stereocenters. The minimum Gasteiger partial charge on any atom is -0.439 e. The Morgan fingerprint density at radius 3 is 2.72 bits per heavy atom. The standard InChI is InChI=1S/C26H31N3O3/c1-4-24(30)29(17-22-14-9-15-31-22)18-23-25(20-11-6-5-7-12-20)27-28(3)26(23)32-21-13-8-10-19(2)16-21/h5-8,10-13,16,22H,4,9,14-15,17-18H2,1-3H3/t22-/m1/s1. The van der Waals surface area contributed by atoms with Gasteiger partial charge in [0.15, 0.2) is 0 Å². The molecule has 0 saturated carbocycles. The first kappa shape index (κ1) is 22.1. The summed E-state index contributed by atoms with van der Waals surface area (Å²) >= 11 is 0. The summed E-state index contributed by atoms with van der Waals surface area (Å²) in [6.45, 7) is 5.71. The van der Waals surface area contributed by atoms with Crippen molar-refractivity contribution in [1.82, 2.24) is 14.7 Å². The number of ether oxygens (including phenoxy) is 2. The van der Waals surface area contributed by atoms with Crippen molar-refractivity contribution in [2.45, 2.75) is 45.8 Å². The van der Waals surface area contributed by atoms with Gasteiger partial charge < -0.3 is 14.4 Å². The lowest BCUT2D eigenvalue weighted by molar-refractivity contribution is -0.133. The summed E-state index contributed by atoms with van der Waals surface area (Å²) in [5.41, 5.74) is 3.85. The fourth-order valence-electron chi connectivity index (χ4n) is 4.14. The molecule has 0 aliphatic carbocycles. The molecular weight excluding hydrogens is 402 g/mol. The minimum atomic E-state index is 0.0866. The third-order valence-corrected chi connectivity index (χ3v) is 5.79. The van der Waals surface area contributed by atoms with Crippen LogP contribution in [0.1, 0.15) is 37.3 Å². The van der Waals surface area contributed by atoms with E-state index < -0.39 is 0 Å². The molecule has 32 heavy (non-hydrogen) atoms. The van der Waals surface area contributed by atoms with Gasteiger partial charge in [-0.2, -0.15) is 5.10 Å². The number of carbonyl (C=O) groups is 1. The van der Waals surface area contributed by atoms with Gasteiger partial charge in [-0.15, -0.1) is 0 Å². The van der Waals surface area contributed by atoms with E-state index in [4.69, 9.17) is 14.6 Å². The van der Waals surface area contributed by atoms with Crippen LogP contribution in [0.2, 0.25) is 0 Å². The van der Waals surface area contributed by atoms with Gasteiger partial charge in [-0.1, -0.05) is 49.4 Å². The quantitative estimate of drug-likeness (QED) is 0.496. The van der Waals surface area contributed by atoms with Crippen molar-refractivity contribution in [2.75, 3.05) is 13.2 Å². The summed E-state index contributed by atoms with van der Waals surface area (Å²) in [7, 11) is 1.88. The van der Waals surface area contributed by atoms with Crippen LogP contribution in [0.4, 0.5) is 0 Å². The summed E-state index contributed by atoms with van der Waals surface area (Å²) in [5.74, 6) is 1.50. The van der Waals surface area contributed by atoms with E-state index in [1.807, 2.05) is 80.4 Å². The highest BCUT2D eigenvalue weighted by molar-refractivity contribution is 5.76. The first-order chi connectivity index (χ1) is 15.5. The molecule has 1 aromatic heterocycles. The van der Waals surface area contributed by atoms with E-state index in [2.05, 4.69) is 0 Å². The molecule has 6 heteroatoms. The minimum absolute atomic E-state index is 0.0866. The van der Waals surface area contributed by atoms with Crippen LogP contribution in [-0.2, 0) is 23.1 Å². The zero-order chi connectivity index (χ0) is 22.5. The molecule has 1 atom stereocenters. The van der Waals surface area contributed by atoms with Crippen LogP contribution in [0.15, 0.2) is 54.6 Å². The van der Waals surface area contributed by atoms with E-state index in [-0.39, 0.29) is 12.0 Å². The Bertz CT molecular complexity index is 1060. The van der Waals surface area contributed by atoms with Crippen molar-refractivity contribution in [1.29, 1.82) is 0 Å². The highest BCUT2D eigenvalue weighted by atomic mass is 16.5. The molecule has 1 amide bonds. The molecule has 3 aromatic rings. The van der Waals surface area contributed by atoms with Crippen LogP contribution in [0.5, 0.6) is 11.6 Å². The lowest BCUT2D eigenvalue weighted by Gasteiger charge is -2.25. The van der Waals surface area contributed by atoms with E-state index >= 15 is 0 Å². The van der Waals surface area contributed by atoms with E-state index in [0.717, 1.165) is 47.6 Å². The van der Waals surface area contributed by atoms with Gasteiger partial charge >= 0.3 is 0 Å². The predicted molar refractivity (Wildman–Crippen MR) is 125 cm³/mol. The first-order valence-electron chi connectivity index (χ1n) is 11.3. The number of amides is 1. The van der Waals surface area contributed by atoms with Gasteiger partial charge in [-0.3, -0.25) is 4.79 Å². The average molecular weight is 434 g/mol. The summed E-state index contributed by atoms with van der Waals surface area (Å²) in [6.07, 6.45) is 2.56. The highest BCUT2D eigenvalue weighted by Crippen LogP contribution is 2.34. The number of aromatic nitrogens is 2.